The Kier molecular flexibility index (Phi) is 5.23. The molecule has 6 nitrogen and oxygen atoms in total. The fourth-order valence-corrected chi connectivity index (χ4v) is 4.05. The summed E-state index contributed by atoms with van der Waals surface area (Å²) in [5.41, 5.74) is 5.43. The number of aromatic nitrogens is 3. The topological polar surface area (TPSA) is 52.3 Å². The Morgan fingerprint density at radius 1 is 1.03 bits per heavy atom. The van der Waals surface area contributed by atoms with Crippen LogP contribution in [0, 0.1) is 13.8 Å². The Bertz CT molecular complexity index is 1280. The maximum atomic E-state index is 12.8. The number of nitrogens with zero attached hydrogens (tertiary/aromatic N) is 4. The molecule has 0 N–H and O–H groups in total. The number of amides is 1. The highest BCUT2D eigenvalue weighted by molar-refractivity contribution is 6.30. The minimum Gasteiger partial charge on any atom is -0.484 e. The molecular formula is C25H23ClN4O2. The highest BCUT2D eigenvalue weighted by Gasteiger charge is 2.31. The normalized spacial score (nSPS) is 12.8. The number of benzene rings is 2. The van der Waals surface area contributed by atoms with Gasteiger partial charge in [0.1, 0.15) is 11.6 Å². The monoisotopic (exact) mass is 446 g/mol. The van der Waals surface area contributed by atoms with Crippen LogP contribution >= 0.6 is 11.6 Å². The lowest BCUT2D eigenvalue weighted by Gasteiger charge is -2.18. The minimum absolute atomic E-state index is 0.0259. The SMILES string of the molecule is Cc1ccc(-n2nc3c(c2-n2cccc2)CN(C(=O)COc2ccc(Cl)cc2)C3)cc1C. The van der Waals surface area contributed by atoms with Crippen molar-refractivity contribution in [3.05, 3.63) is 94.4 Å². The zero-order chi connectivity index (χ0) is 22.2. The van der Waals surface area contributed by atoms with Crippen LogP contribution in [0.4, 0.5) is 0 Å². The first-order valence-electron chi connectivity index (χ1n) is 10.5. The summed E-state index contributed by atoms with van der Waals surface area (Å²) in [6.07, 6.45) is 4.01. The van der Waals surface area contributed by atoms with Crippen LogP contribution < -0.4 is 4.74 Å². The predicted octanol–water partition coefficient (Wildman–Crippen LogP) is 4.85. The third-order valence-corrected chi connectivity index (χ3v) is 6.09. The van der Waals surface area contributed by atoms with Gasteiger partial charge >= 0.3 is 0 Å². The second kappa shape index (κ2) is 8.20. The van der Waals surface area contributed by atoms with Crippen LogP contribution in [0.2, 0.25) is 5.02 Å². The van der Waals surface area contributed by atoms with Gasteiger partial charge in [0.15, 0.2) is 6.61 Å². The van der Waals surface area contributed by atoms with E-state index in [0.717, 1.165) is 22.8 Å². The number of aryl methyl sites for hydroxylation is 2. The summed E-state index contributed by atoms with van der Waals surface area (Å²) in [5, 5.41) is 5.53. The molecule has 1 amide bonds. The molecule has 3 heterocycles. The number of halogens is 1. The summed E-state index contributed by atoms with van der Waals surface area (Å²) in [7, 11) is 0. The van der Waals surface area contributed by atoms with E-state index in [1.165, 1.54) is 11.1 Å². The quantitative estimate of drug-likeness (QED) is 0.440. The lowest BCUT2D eigenvalue weighted by molar-refractivity contribution is -0.134. The van der Waals surface area contributed by atoms with Crippen LogP contribution in [0.15, 0.2) is 67.0 Å². The molecule has 1 aliphatic rings. The third kappa shape index (κ3) is 3.78. The van der Waals surface area contributed by atoms with Gasteiger partial charge in [0.05, 0.1) is 24.5 Å². The maximum absolute atomic E-state index is 12.8. The molecule has 0 radical (unpaired) electrons. The van der Waals surface area contributed by atoms with E-state index >= 15 is 0 Å². The second-order valence-electron chi connectivity index (χ2n) is 8.01. The summed E-state index contributed by atoms with van der Waals surface area (Å²) < 4.78 is 9.68. The van der Waals surface area contributed by atoms with E-state index in [9.17, 15) is 4.79 Å². The van der Waals surface area contributed by atoms with Crippen LogP contribution in [-0.2, 0) is 17.9 Å². The van der Waals surface area contributed by atoms with Crippen molar-refractivity contribution >= 4 is 17.5 Å². The van der Waals surface area contributed by atoms with E-state index in [4.69, 9.17) is 21.4 Å². The summed E-state index contributed by atoms with van der Waals surface area (Å²) in [6.45, 7) is 5.14. The van der Waals surface area contributed by atoms with E-state index < -0.39 is 0 Å². The first-order valence-corrected chi connectivity index (χ1v) is 10.9. The van der Waals surface area contributed by atoms with Gasteiger partial charge in [-0.2, -0.15) is 5.10 Å². The van der Waals surface area contributed by atoms with Crippen molar-refractivity contribution in [2.45, 2.75) is 26.9 Å². The van der Waals surface area contributed by atoms with Crippen molar-refractivity contribution in [3.8, 4) is 17.3 Å². The fraction of sp³-hybridized carbons (Fsp3) is 0.200. The molecule has 4 aromatic rings. The molecule has 2 aromatic carbocycles. The van der Waals surface area contributed by atoms with Crippen LogP contribution in [0.25, 0.3) is 11.5 Å². The van der Waals surface area contributed by atoms with Gasteiger partial charge in [0.25, 0.3) is 5.91 Å². The molecule has 1 aliphatic heterocycles. The second-order valence-corrected chi connectivity index (χ2v) is 8.45. The smallest absolute Gasteiger partial charge is 0.261 e. The summed E-state index contributed by atoms with van der Waals surface area (Å²) in [6, 6.07) is 17.3. The molecule has 0 saturated carbocycles. The van der Waals surface area contributed by atoms with Crippen LogP contribution in [0.1, 0.15) is 22.4 Å². The molecule has 0 bridgehead atoms. The standard InChI is InChI=1S/C25H23ClN4O2/c1-17-5-8-20(13-18(17)2)30-25(28-11-3-4-12-28)22-14-29(15-23(22)27-30)24(31)16-32-21-9-6-19(26)7-10-21/h3-13H,14-16H2,1-2H3. The molecule has 0 fully saturated rings. The molecule has 0 aliphatic carbocycles. The lowest BCUT2D eigenvalue weighted by Crippen LogP contribution is -2.31. The molecule has 0 saturated heterocycles. The van der Waals surface area contributed by atoms with E-state index in [1.54, 1.807) is 29.2 Å². The van der Waals surface area contributed by atoms with Crippen LogP contribution in [0.5, 0.6) is 5.75 Å². The number of carbonyl (C=O) groups excluding carboxylic acids is 1. The van der Waals surface area contributed by atoms with Gasteiger partial charge in [-0.05, 0) is 73.5 Å². The van der Waals surface area contributed by atoms with Crippen LogP contribution in [0.3, 0.4) is 0 Å². The van der Waals surface area contributed by atoms with E-state index in [0.29, 0.717) is 23.9 Å². The molecule has 162 valence electrons. The highest BCUT2D eigenvalue weighted by atomic mass is 35.5. The number of rotatable bonds is 5. The predicted molar refractivity (Wildman–Crippen MR) is 124 cm³/mol. The Hall–Kier alpha value is -3.51. The number of carbonyl (C=O) groups is 1. The number of fused-ring (bicyclic) bond motifs is 1. The number of hydrogen-bond acceptors (Lipinski definition) is 3. The van der Waals surface area contributed by atoms with E-state index in [1.807, 2.05) is 29.2 Å². The fourth-order valence-electron chi connectivity index (χ4n) is 3.92. The number of ether oxygens (including phenoxy) is 1. The van der Waals surface area contributed by atoms with Crippen molar-refractivity contribution in [1.82, 2.24) is 19.2 Å². The largest absolute Gasteiger partial charge is 0.484 e. The molecule has 0 unspecified atom stereocenters. The Labute approximate surface area is 191 Å². The van der Waals surface area contributed by atoms with Crippen LogP contribution in [-0.4, -0.2) is 31.8 Å². The lowest BCUT2D eigenvalue weighted by atomic mass is 10.1. The minimum atomic E-state index is -0.0749. The zero-order valence-corrected chi connectivity index (χ0v) is 18.7. The average Bonchev–Trinajstić information content (AvgIpc) is 3.51. The van der Waals surface area contributed by atoms with Gasteiger partial charge in [-0.25, -0.2) is 4.68 Å². The van der Waals surface area contributed by atoms with Crippen molar-refractivity contribution < 1.29 is 9.53 Å². The molecule has 32 heavy (non-hydrogen) atoms. The number of hydrogen-bond donors (Lipinski definition) is 0. The van der Waals surface area contributed by atoms with Gasteiger partial charge in [-0.3, -0.25) is 4.79 Å². The van der Waals surface area contributed by atoms with Crippen molar-refractivity contribution in [1.29, 1.82) is 0 Å². The van der Waals surface area contributed by atoms with Crippen molar-refractivity contribution in [2.75, 3.05) is 6.61 Å². The molecule has 0 spiro atoms. The van der Waals surface area contributed by atoms with E-state index in [-0.39, 0.29) is 12.5 Å². The maximum Gasteiger partial charge on any atom is 0.261 e. The van der Waals surface area contributed by atoms with E-state index in [2.05, 4.69) is 36.6 Å². The molecule has 5 rings (SSSR count). The molecule has 2 aromatic heterocycles. The summed E-state index contributed by atoms with van der Waals surface area (Å²) in [5.74, 6) is 1.50. The van der Waals surface area contributed by atoms with Crippen molar-refractivity contribution in [2.24, 2.45) is 0 Å². The Morgan fingerprint density at radius 2 is 1.78 bits per heavy atom. The first-order chi connectivity index (χ1) is 15.5. The van der Waals surface area contributed by atoms with Crippen molar-refractivity contribution in [3.63, 3.8) is 0 Å². The molecule has 7 heteroatoms. The molecule has 0 atom stereocenters. The molecular weight excluding hydrogens is 424 g/mol. The van der Waals surface area contributed by atoms with Gasteiger partial charge in [-0.15, -0.1) is 0 Å². The van der Waals surface area contributed by atoms with Gasteiger partial charge in [0.2, 0.25) is 0 Å². The third-order valence-electron chi connectivity index (χ3n) is 5.84. The first kappa shape index (κ1) is 20.4. The van der Waals surface area contributed by atoms with Gasteiger partial charge in [0, 0.05) is 23.0 Å². The summed E-state index contributed by atoms with van der Waals surface area (Å²) in [4.78, 5) is 14.6. The van der Waals surface area contributed by atoms with Gasteiger partial charge < -0.3 is 14.2 Å². The average molecular weight is 447 g/mol. The summed E-state index contributed by atoms with van der Waals surface area (Å²) >= 11 is 5.91. The Balaban J connectivity index is 1.40. The Morgan fingerprint density at radius 3 is 2.50 bits per heavy atom. The zero-order valence-electron chi connectivity index (χ0n) is 18.0. The highest BCUT2D eigenvalue weighted by Crippen LogP contribution is 2.31. The van der Waals surface area contributed by atoms with Gasteiger partial charge in [-0.1, -0.05) is 17.7 Å².